The van der Waals surface area contributed by atoms with Crippen LogP contribution in [0.5, 0.6) is 5.75 Å². The van der Waals surface area contributed by atoms with Gasteiger partial charge in [0.15, 0.2) is 31.9 Å². The van der Waals surface area contributed by atoms with Crippen molar-refractivity contribution in [2.24, 2.45) is 0 Å². The van der Waals surface area contributed by atoms with Gasteiger partial charge in [-0.15, -0.1) is 0 Å². The second-order valence-electron chi connectivity index (χ2n) is 23.3. The molecule has 92 heavy (non-hydrogen) atoms. The van der Waals surface area contributed by atoms with Gasteiger partial charge in [-0.2, -0.15) is 0 Å². The van der Waals surface area contributed by atoms with Crippen molar-refractivity contribution >= 4 is 80.3 Å². The first kappa shape index (κ1) is 61.6. The van der Waals surface area contributed by atoms with Crippen LogP contribution in [-0.2, 0) is 18.8 Å². The predicted molar refractivity (Wildman–Crippen MR) is 339 cm³/mol. The number of halogens is 5. The summed E-state index contributed by atoms with van der Waals surface area (Å²) in [6.45, 7) is 4.43. The fourth-order valence-corrected chi connectivity index (χ4v) is 15.3. The Labute approximate surface area is 525 Å². The third-order valence-corrected chi connectivity index (χ3v) is 20.3. The maximum atomic E-state index is 17.4. The van der Waals surface area contributed by atoms with Gasteiger partial charge in [-0.25, -0.2) is 36.5 Å². The molecule has 6 heterocycles. The number of piperazine rings is 1. The zero-order chi connectivity index (χ0) is 63.8. The number of hydrogen-bond acceptors (Lipinski definition) is 13. The minimum absolute atomic E-state index is 0.0182. The number of alkyl halides is 2. The third-order valence-electron chi connectivity index (χ3n) is 17.2. The van der Waals surface area contributed by atoms with Crippen LogP contribution in [0.1, 0.15) is 44.7 Å². The van der Waals surface area contributed by atoms with E-state index in [2.05, 4.69) is 55.6 Å². The highest BCUT2D eigenvalue weighted by molar-refractivity contribution is 7.83. The quantitative estimate of drug-likeness (QED) is 0.0170. The Bertz CT molecular complexity index is 4380. The first-order valence-corrected chi connectivity index (χ1v) is 32.2. The number of carbonyl (C=O) groups excluding carboxylic acids is 3. The van der Waals surface area contributed by atoms with E-state index in [0.717, 1.165) is 65.2 Å². The van der Waals surface area contributed by atoms with E-state index in [1.54, 1.807) is 51.9 Å². The summed E-state index contributed by atoms with van der Waals surface area (Å²) in [5.74, 6) is -7.66. The van der Waals surface area contributed by atoms with Gasteiger partial charge >= 0.3 is 0 Å². The number of H-pyrrole nitrogens is 2. The van der Waals surface area contributed by atoms with Crippen molar-refractivity contribution in [3.05, 3.63) is 178 Å². The highest BCUT2D eigenvalue weighted by atomic mass is 31.2. The minimum atomic E-state index is -4.06. The molecule has 0 radical (unpaired) electrons. The molecule has 1 aliphatic carbocycles. The molecule has 18 nitrogen and oxygen atoms in total. The molecule has 0 spiro atoms. The van der Waals surface area contributed by atoms with Gasteiger partial charge in [0.2, 0.25) is 17.8 Å². The molecule has 3 saturated heterocycles. The van der Waals surface area contributed by atoms with Crippen molar-refractivity contribution in [3.63, 3.8) is 0 Å². The Morgan fingerprint density at radius 3 is 2.03 bits per heavy atom. The van der Waals surface area contributed by atoms with Crippen LogP contribution in [0.4, 0.5) is 33.3 Å². The second-order valence-corrected chi connectivity index (χ2v) is 26.0. The summed E-state index contributed by atoms with van der Waals surface area (Å²) in [6, 6.07) is 32.8. The first-order chi connectivity index (χ1) is 44.6. The summed E-state index contributed by atoms with van der Waals surface area (Å²) < 4.78 is 113. The molecule has 2 amide bonds. The zero-order valence-electron chi connectivity index (χ0n) is 50.1. The SMILES string of the molecule is CN1CCN(c2ccc3nc(-c4ccc5nc(-c6ccc(OCCCC(=O)NCCOCCOCCNC(=O)c7c(F)c(F)c(C(=O)[O-])c(C8=C9C=CC(=[N+]%10CC(F)C%10)C=C9P(=O)(c9ccccc9)c9cc(N%10CC(F)C%10)ccc98)c7F)cc6)[nH]c5c4)[nH]c3c2)CC1. The lowest BCUT2D eigenvalue weighted by molar-refractivity contribution is -0.599. The number of imidazole rings is 2. The number of aromatic amines is 2. The zero-order valence-corrected chi connectivity index (χ0v) is 51.0. The van der Waals surface area contributed by atoms with E-state index in [9.17, 15) is 28.3 Å². The largest absolute Gasteiger partial charge is 0.545 e. The number of amides is 2. The highest BCUT2D eigenvalue weighted by Crippen LogP contribution is 2.62. The predicted octanol–water partition coefficient (Wildman–Crippen LogP) is 7.59. The number of likely N-dealkylation sites (N-methyl/N-ethyl adjacent to an activating group) is 1. The molecule has 474 valence electrons. The topological polar surface area (TPSA) is 213 Å². The fourth-order valence-electron chi connectivity index (χ4n) is 12.2. The molecule has 3 fully saturated rings. The maximum Gasteiger partial charge on any atom is 0.257 e. The average Bonchev–Trinajstić information content (AvgIpc) is 0.859. The van der Waals surface area contributed by atoms with Crippen LogP contribution in [-0.4, -0.2) is 171 Å². The van der Waals surface area contributed by atoms with Crippen LogP contribution in [0.2, 0.25) is 0 Å². The van der Waals surface area contributed by atoms with Gasteiger partial charge in [0.05, 0.1) is 74.2 Å². The molecule has 24 heteroatoms. The standard InChI is InChI=1S/C68H64F5N10O8P/c1-80-23-25-81(26-24-80)44-14-20-52-54(33-44)79-66(77-52)41-11-19-51-53(32-41)78-65(76-51)40-9-15-47(16-10-40)91-27-5-8-57(84)74-21-28-89-30-31-90-29-22-75-67(85)61-62(71)59(60(68(86)87)63(72)64(61)73)58-49-17-12-45(82-36-42(69)37-82)34-55(49)92(88,48-6-3-2-4-7-48)56-35-46(13-18-50(56)58)83-38-43(70)39-83/h2-4,6-7,9-20,32-35,42-43H,5,8,21-31,36-39H2,1H3,(H4,74,75,84,85,86,87,88). The van der Waals surface area contributed by atoms with E-state index in [4.69, 9.17) is 24.2 Å². The van der Waals surface area contributed by atoms with E-state index >= 15 is 17.7 Å². The number of carboxylic acids is 1. The van der Waals surface area contributed by atoms with Crippen molar-refractivity contribution < 1.29 is 64.8 Å². The number of carbonyl (C=O) groups is 3. The Kier molecular flexibility index (Phi) is 17.5. The molecule has 6 aromatic carbocycles. The molecule has 4 N–H and O–H groups in total. The highest BCUT2D eigenvalue weighted by Gasteiger charge is 2.46. The number of fused-ring (bicyclic) bond motifs is 4. The molecule has 1 unspecified atom stereocenters. The molecular formula is C68H64F5N10O8P. The summed E-state index contributed by atoms with van der Waals surface area (Å²) in [4.78, 5) is 62.2. The number of ether oxygens (including phenoxy) is 3. The van der Waals surface area contributed by atoms with Crippen molar-refractivity contribution in [3.8, 4) is 28.5 Å². The van der Waals surface area contributed by atoms with Gasteiger partial charge in [0.1, 0.15) is 35.0 Å². The number of hydrogen-bond donors (Lipinski definition) is 4. The molecule has 1 atom stereocenters. The number of nitrogens with one attached hydrogen (secondary N) is 4. The molecule has 4 aliphatic heterocycles. The lowest BCUT2D eigenvalue weighted by atomic mass is 9.85. The van der Waals surface area contributed by atoms with Crippen LogP contribution in [0.3, 0.4) is 0 Å². The number of allylic oxidation sites excluding steroid dienone is 5. The molecule has 13 rings (SSSR count). The van der Waals surface area contributed by atoms with Crippen molar-refractivity contribution in [1.82, 2.24) is 35.5 Å². The van der Waals surface area contributed by atoms with E-state index in [-0.39, 0.29) is 105 Å². The van der Waals surface area contributed by atoms with Crippen molar-refractivity contribution in [1.29, 1.82) is 0 Å². The van der Waals surface area contributed by atoms with Crippen LogP contribution in [0.15, 0.2) is 138 Å². The normalized spacial score (nSPS) is 18.2. The number of carboxylic acid groups (broad SMARTS) is 1. The average molecular weight is 1280 g/mol. The van der Waals surface area contributed by atoms with Crippen molar-refractivity contribution in [2.45, 2.75) is 25.2 Å². The molecule has 0 saturated carbocycles. The number of aromatic carboxylic acids is 1. The number of benzene rings is 6. The number of anilines is 2. The van der Waals surface area contributed by atoms with E-state index in [0.29, 0.717) is 41.3 Å². The van der Waals surface area contributed by atoms with Crippen LogP contribution >= 0.6 is 7.14 Å². The van der Waals surface area contributed by atoms with Crippen LogP contribution in [0.25, 0.3) is 50.4 Å². The number of nitrogens with zero attached hydrogens (tertiary/aromatic N) is 6. The van der Waals surface area contributed by atoms with Gasteiger partial charge < -0.3 is 64.0 Å². The summed E-state index contributed by atoms with van der Waals surface area (Å²) in [5, 5.41) is 18.4. The Hall–Kier alpha value is -9.28. The molecule has 8 aromatic rings. The second kappa shape index (κ2) is 26.1. The lowest BCUT2D eigenvalue weighted by Gasteiger charge is -2.39. The number of rotatable bonds is 22. The summed E-state index contributed by atoms with van der Waals surface area (Å²) in [7, 11) is -1.91. The first-order valence-electron chi connectivity index (χ1n) is 30.5. The van der Waals surface area contributed by atoms with E-state index in [1.165, 1.54) is 30.0 Å². The molecule has 0 bridgehead atoms. The van der Waals surface area contributed by atoms with E-state index in [1.807, 2.05) is 42.5 Å². The molecular weight excluding hydrogens is 1210 g/mol. The lowest BCUT2D eigenvalue weighted by Crippen LogP contribution is -2.48. The van der Waals surface area contributed by atoms with Gasteiger partial charge in [-0.3, -0.25) is 9.59 Å². The fraction of sp³-hybridized carbons (Fsp3) is 0.294. The van der Waals surface area contributed by atoms with Crippen LogP contribution < -0.4 is 40.9 Å². The van der Waals surface area contributed by atoms with Gasteiger partial charge in [0.25, 0.3) is 5.91 Å². The monoisotopic (exact) mass is 1270 g/mol. The van der Waals surface area contributed by atoms with Gasteiger partial charge in [-0.05, 0) is 103 Å². The van der Waals surface area contributed by atoms with E-state index < -0.39 is 65.5 Å². The minimum Gasteiger partial charge on any atom is -0.545 e. The maximum absolute atomic E-state index is 17.4. The smallest absolute Gasteiger partial charge is 0.257 e. The van der Waals surface area contributed by atoms with Gasteiger partial charge in [-0.1, -0.05) is 36.4 Å². The molecule has 2 aromatic heterocycles. The summed E-state index contributed by atoms with van der Waals surface area (Å²) in [6.07, 6.45) is 2.93. The van der Waals surface area contributed by atoms with Crippen molar-refractivity contribution in [2.75, 3.05) is 115 Å². The van der Waals surface area contributed by atoms with Crippen LogP contribution in [0, 0.1) is 17.5 Å². The Balaban J connectivity index is 0.575. The van der Waals surface area contributed by atoms with Gasteiger partial charge in [0, 0.05) is 113 Å². The summed E-state index contributed by atoms with van der Waals surface area (Å²) >= 11 is 0. The summed E-state index contributed by atoms with van der Waals surface area (Å²) in [5.41, 5.74) is 3.17. The Morgan fingerprint density at radius 2 is 1.34 bits per heavy atom. The molecule has 5 aliphatic rings. The number of aromatic nitrogens is 4. The Morgan fingerprint density at radius 1 is 0.696 bits per heavy atom. The third kappa shape index (κ3) is 12.2.